The molecule has 3 heterocycles. The van der Waals surface area contributed by atoms with E-state index >= 15 is 0 Å². The average Bonchev–Trinajstić information content (AvgIpc) is 3.11. The number of aliphatic hydroxyl groups is 1. The number of rotatable bonds is 5. The summed E-state index contributed by atoms with van der Waals surface area (Å²) in [6, 6.07) is 9.39. The number of fused-ring (bicyclic) bond motifs is 1. The smallest absolute Gasteiger partial charge is 0.349 e. The van der Waals surface area contributed by atoms with Gasteiger partial charge in [0.05, 0.1) is 12.1 Å². The lowest BCUT2D eigenvalue weighted by molar-refractivity contribution is 0.0751. The Labute approximate surface area is 180 Å². The van der Waals surface area contributed by atoms with E-state index in [4.69, 9.17) is 4.42 Å². The molecular weight excluding hydrogens is 406 g/mol. The van der Waals surface area contributed by atoms with Gasteiger partial charge in [-0.3, -0.25) is 4.79 Å². The summed E-state index contributed by atoms with van der Waals surface area (Å²) in [5.74, 6) is 0.0425. The summed E-state index contributed by atoms with van der Waals surface area (Å²) < 4.78 is 5.43. The number of aromatic nitrogens is 1. The fourth-order valence-electron chi connectivity index (χ4n) is 3.90. The van der Waals surface area contributed by atoms with Crippen LogP contribution in [0.25, 0.3) is 10.9 Å². The quantitative estimate of drug-likeness (QED) is 0.495. The topological polar surface area (TPSA) is 107 Å². The highest BCUT2D eigenvalue weighted by atomic mass is 35.5. The first-order chi connectivity index (χ1) is 14.0. The van der Waals surface area contributed by atoms with E-state index in [1.54, 1.807) is 13.0 Å². The van der Waals surface area contributed by atoms with Crippen molar-refractivity contribution in [3.63, 3.8) is 0 Å². The van der Waals surface area contributed by atoms with Crippen molar-refractivity contribution in [1.29, 1.82) is 0 Å². The molecule has 2 atom stereocenters. The number of aromatic amines is 1. The highest BCUT2D eigenvalue weighted by molar-refractivity contribution is 5.95. The maximum atomic E-state index is 12.6. The summed E-state index contributed by atoms with van der Waals surface area (Å²) in [4.78, 5) is 28.3. The number of aryl methyl sites for hydroxylation is 3. The zero-order valence-electron chi connectivity index (χ0n) is 16.7. The molecule has 160 valence electrons. The zero-order valence-corrected chi connectivity index (χ0v) is 17.6. The number of para-hydroxylation sites is 1. The number of hydrogen-bond acceptors (Lipinski definition) is 5. The maximum Gasteiger partial charge on any atom is 0.349 e. The molecule has 0 aliphatic carbocycles. The third kappa shape index (κ3) is 4.59. The average molecular weight is 432 g/mol. The van der Waals surface area contributed by atoms with Crippen molar-refractivity contribution in [2.75, 3.05) is 13.1 Å². The first-order valence-electron chi connectivity index (χ1n) is 9.91. The Morgan fingerprint density at radius 2 is 2.10 bits per heavy atom. The van der Waals surface area contributed by atoms with Gasteiger partial charge in [0.25, 0.3) is 5.91 Å². The summed E-state index contributed by atoms with van der Waals surface area (Å²) in [5, 5.41) is 17.0. The number of hydrogen-bond donors (Lipinski definition) is 4. The van der Waals surface area contributed by atoms with Crippen LogP contribution in [0, 0.1) is 6.92 Å². The van der Waals surface area contributed by atoms with Crippen molar-refractivity contribution in [2.24, 2.45) is 0 Å². The van der Waals surface area contributed by atoms with E-state index in [0.717, 1.165) is 22.9 Å². The van der Waals surface area contributed by atoms with Crippen LogP contribution in [0.5, 0.6) is 0 Å². The predicted molar refractivity (Wildman–Crippen MR) is 117 cm³/mol. The Kier molecular flexibility index (Phi) is 6.97. The molecule has 3 aromatic rings. The molecule has 0 spiro atoms. The van der Waals surface area contributed by atoms with Gasteiger partial charge >= 0.3 is 5.63 Å². The Balaban J connectivity index is 0.00000256. The molecule has 0 unspecified atom stereocenters. The molecular formula is C22H26ClN3O4. The summed E-state index contributed by atoms with van der Waals surface area (Å²) in [7, 11) is 0. The van der Waals surface area contributed by atoms with Crippen LogP contribution < -0.4 is 16.3 Å². The number of aliphatic hydroxyl groups excluding tert-OH is 1. The van der Waals surface area contributed by atoms with Crippen LogP contribution in [0.15, 0.2) is 45.7 Å². The number of benzene rings is 1. The van der Waals surface area contributed by atoms with Gasteiger partial charge in [0, 0.05) is 30.1 Å². The minimum Gasteiger partial charge on any atom is -0.427 e. The van der Waals surface area contributed by atoms with Crippen LogP contribution in [0.2, 0.25) is 0 Å². The molecule has 1 fully saturated rings. The summed E-state index contributed by atoms with van der Waals surface area (Å²) in [6.07, 6.45) is 3.19. The van der Waals surface area contributed by atoms with Crippen LogP contribution in [0.4, 0.5) is 0 Å². The number of amides is 1. The molecule has 2 aromatic heterocycles. The van der Waals surface area contributed by atoms with Crippen LogP contribution in [-0.4, -0.2) is 41.2 Å². The minimum atomic E-state index is -0.644. The Bertz CT molecular complexity index is 1090. The highest BCUT2D eigenvalue weighted by Gasteiger charge is 2.26. The summed E-state index contributed by atoms with van der Waals surface area (Å²) >= 11 is 0. The van der Waals surface area contributed by atoms with Gasteiger partial charge in [0.1, 0.15) is 11.3 Å². The lowest BCUT2D eigenvalue weighted by Gasteiger charge is -2.29. The van der Waals surface area contributed by atoms with Crippen molar-refractivity contribution in [2.45, 2.75) is 38.3 Å². The third-order valence-electron chi connectivity index (χ3n) is 5.50. The predicted octanol–water partition coefficient (Wildman–Crippen LogP) is 2.09. The second kappa shape index (κ2) is 9.47. The molecule has 7 nitrogen and oxygen atoms in total. The molecule has 4 N–H and O–H groups in total. The number of carbonyl (C=O) groups is 1. The first-order valence-corrected chi connectivity index (χ1v) is 9.91. The Hall–Kier alpha value is -2.61. The number of piperidine rings is 1. The van der Waals surface area contributed by atoms with Crippen LogP contribution >= 0.6 is 12.4 Å². The van der Waals surface area contributed by atoms with E-state index in [2.05, 4.69) is 21.7 Å². The fraction of sp³-hybridized carbons (Fsp3) is 0.364. The van der Waals surface area contributed by atoms with Crippen molar-refractivity contribution in [3.05, 3.63) is 69.4 Å². The zero-order chi connectivity index (χ0) is 20.4. The highest BCUT2D eigenvalue weighted by Crippen LogP contribution is 2.20. The van der Waals surface area contributed by atoms with E-state index in [1.807, 2.05) is 24.4 Å². The van der Waals surface area contributed by atoms with Gasteiger partial charge in [-0.15, -0.1) is 12.4 Å². The molecule has 4 rings (SSSR count). The lowest BCUT2D eigenvalue weighted by atomic mass is 10.0. The Morgan fingerprint density at radius 3 is 2.87 bits per heavy atom. The van der Waals surface area contributed by atoms with Crippen molar-refractivity contribution in [3.8, 4) is 0 Å². The van der Waals surface area contributed by atoms with E-state index in [1.165, 1.54) is 0 Å². The SMILES string of the molecule is Cc1cc(CCc2c[nH]c3ccccc23)oc(=O)c1C(=O)N[C@@H]1CNCC[C@H]1O.Cl. The van der Waals surface area contributed by atoms with Gasteiger partial charge in [-0.05, 0) is 49.6 Å². The molecule has 0 saturated carbocycles. The van der Waals surface area contributed by atoms with Crippen molar-refractivity contribution < 1.29 is 14.3 Å². The molecule has 1 aromatic carbocycles. The largest absolute Gasteiger partial charge is 0.427 e. The van der Waals surface area contributed by atoms with E-state index in [9.17, 15) is 14.7 Å². The fourth-order valence-corrected chi connectivity index (χ4v) is 3.90. The normalized spacial score (nSPS) is 18.7. The van der Waals surface area contributed by atoms with E-state index in [-0.39, 0.29) is 18.0 Å². The molecule has 1 amide bonds. The number of nitrogens with one attached hydrogen (secondary N) is 3. The number of carbonyl (C=O) groups excluding carboxylic acids is 1. The summed E-state index contributed by atoms with van der Waals surface area (Å²) in [6.45, 7) is 2.91. The van der Waals surface area contributed by atoms with Crippen LogP contribution in [0.1, 0.15) is 33.7 Å². The van der Waals surface area contributed by atoms with E-state index < -0.39 is 23.7 Å². The van der Waals surface area contributed by atoms with E-state index in [0.29, 0.717) is 37.3 Å². The van der Waals surface area contributed by atoms with Gasteiger partial charge in [0.2, 0.25) is 0 Å². The molecule has 8 heteroatoms. The monoisotopic (exact) mass is 431 g/mol. The molecule has 0 bridgehead atoms. The van der Waals surface area contributed by atoms with Crippen molar-refractivity contribution in [1.82, 2.24) is 15.6 Å². The van der Waals surface area contributed by atoms with Gasteiger partial charge < -0.3 is 25.1 Å². The van der Waals surface area contributed by atoms with Gasteiger partial charge in [0.15, 0.2) is 0 Å². The minimum absolute atomic E-state index is 0. The number of H-pyrrole nitrogens is 1. The summed E-state index contributed by atoms with van der Waals surface area (Å²) in [5.41, 5.74) is 2.16. The van der Waals surface area contributed by atoms with Crippen molar-refractivity contribution >= 4 is 29.2 Å². The van der Waals surface area contributed by atoms with Gasteiger partial charge in [-0.2, -0.15) is 0 Å². The second-order valence-corrected chi connectivity index (χ2v) is 7.56. The maximum absolute atomic E-state index is 12.6. The lowest BCUT2D eigenvalue weighted by Crippen LogP contribution is -2.54. The van der Waals surface area contributed by atoms with Gasteiger partial charge in [-0.25, -0.2) is 4.79 Å². The molecule has 1 aliphatic heterocycles. The molecule has 0 radical (unpaired) electrons. The molecule has 1 saturated heterocycles. The first kappa shape index (κ1) is 22.1. The van der Waals surface area contributed by atoms with Crippen LogP contribution in [0.3, 0.4) is 0 Å². The second-order valence-electron chi connectivity index (χ2n) is 7.56. The molecule has 1 aliphatic rings. The standard InChI is InChI=1S/C22H25N3O4.ClH/c1-13-10-15(7-6-14-11-24-17-5-3-2-4-16(14)17)29-22(28)20(13)21(27)25-18-12-23-9-8-19(18)26;/h2-5,10-11,18-19,23-24,26H,6-9,12H2,1H3,(H,25,27);1H/t18-,19-;/m1./s1. The van der Waals surface area contributed by atoms with Crippen LogP contribution in [-0.2, 0) is 12.8 Å². The molecule has 30 heavy (non-hydrogen) atoms. The Morgan fingerprint density at radius 1 is 1.30 bits per heavy atom. The third-order valence-corrected chi connectivity index (χ3v) is 5.50. The van der Waals surface area contributed by atoms with Gasteiger partial charge in [-0.1, -0.05) is 18.2 Å². The number of halogens is 1.